The number of anilines is 2. The first-order valence-electron chi connectivity index (χ1n) is 6.54. The number of hydrogen-bond acceptors (Lipinski definition) is 5. The van der Waals surface area contributed by atoms with Crippen LogP contribution < -0.4 is 10.3 Å². The van der Waals surface area contributed by atoms with Crippen LogP contribution in [-0.2, 0) is 4.79 Å². The van der Waals surface area contributed by atoms with Crippen molar-refractivity contribution in [1.82, 2.24) is 0 Å². The van der Waals surface area contributed by atoms with Crippen molar-refractivity contribution < 1.29 is 9.72 Å². The van der Waals surface area contributed by atoms with Crippen LogP contribution in [0.3, 0.4) is 0 Å². The molecule has 0 unspecified atom stereocenters. The minimum atomic E-state index is -0.504. The Morgan fingerprint density at radius 1 is 1.18 bits per heavy atom. The van der Waals surface area contributed by atoms with Gasteiger partial charge in [0.1, 0.15) is 0 Å². The van der Waals surface area contributed by atoms with E-state index in [0.717, 1.165) is 0 Å². The van der Waals surface area contributed by atoms with Crippen LogP contribution in [0, 0.1) is 10.1 Å². The second-order valence-corrected chi connectivity index (χ2v) is 4.75. The number of fused-ring (bicyclic) bond motifs is 1. The fourth-order valence-corrected chi connectivity index (χ4v) is 2.24. The number of amides is 1. The van der Waals surface area contributed by atoms with Gasteiger partial charge in [-0.05, 0) is 6.07 Å². The summed E-state index contributed by atoms with van der Waals surface area (Å²) in [5.74, 6) is -0.405. The number of hydrazone groups is 1. The normalized spacial score (nSPS) is 13.8. The van der Waals surface area contributed by atoms with Gasteiger partial charge in [0.2, 0.25) is 0 Å². The lowest BCUT2D eigenvalue weighted by Crippen LogP contribution is -2.23. The summed E-state index contributed by atoms with van der Waals surface area (Å²) < 4.78 is 0. The lowest BCUT2D eigenvalue weighted by molar-refractivity contribution is -0.384. The first-order valence-corrected chi connectivity index (χ1v) is 6.54. The smallest absolute Gasteiger partial charge is 0.276 e. The minimum Gasteiger partial charge on any atom is -0.318 e. The van der Waals surface area contributed by atoms with E-state index < -0.39 is 10.8 Å². The molecule has 0 saturated heterocycles. The number of nitrogens with zero attached hydrogens (tertiary/aromatic N) is 3. The van der Waals surface area contributed by atoms with Gasteiger partial charge in [-0.2, -0.15) is 5.10 Å². The van der Waals surface area contributed by atoms with Crippen LogP contribution in [0.15, 0.2) is 53.6 Å². The summed E-state index contributed by atoms with van der Waals surface area (Å²) in [6.07, 6.45) is 0. The molecule has 1 N–H and O–H groups in total. The number of nitro groups is 1. The van der Waals surface area contributed by atoms with Gasteiger partial charge < -0.3 is 5.32 Å². The van der Waals surface area contributed by atoms with Crippen molar-refractivity contribution in [3.63, 3.8) is 0 Å². The highest BCUT2D eigenvalue weighted by atomic mass is 16.6. The topological polar surface area (TPSA) is 87.8 Å². The Morgan fingerprint density at radius 2 is 1.91 bits per heavy atom. The highest BCUT2D eigenvalue weighted by Gasteiger charge is 2.23. The third-order valence-electron chi connectivity index (χ3n) is 3.30. The fourth-order valence-electron chi connectivity index (χ4n) is 2.24. The summed E-state index contributed by atoms with van der Waals surface area (Å²) >= 11 is 0. The molecule has 7 heteroatoms. The Labute approximate surface area is 126 Å². The average molecular weight is 296 g/mol. The van der Waals surface area contributed by atoms with Crippen LogP contribution >= 0.6 is 0 Å². The second kappa shape index (κ2) is 5.28. The first kappa shape index (κ1) is 13.7. The summed E-state index contributed by atoms with van der Waals surface area (Å²) in [6.45, 7) is 0. The van der Waals surface area contributed by atoms with Gasteiger partial charge in [-0.15, -0.1) is 0 Å². The third-order valence-corrected chi connectivity index (χ3v) is 3.30. The predicted molar refractivity (Wildman–Crippen MR) is 83.1 cm³/mol. The SMILES string of the molecule is CN1N=C(c2ccccc2)C(=O)Nc2cc([N+](=O)[O-])ccc21. The van der Waals surface area contributed by atoms with Crippen LogP contribution in [0.5, 0.6) is 0 Å². The van der Waals surface area contributed by atoms with Gasteiger partial charge in [0.05, 0.1) is 16.3 Å². The Bertz CT molecular complexity index is 787. The van der Waals surface area contributed by atoms with Crippen LogP contribution in [0.4, 0.5) is 17.1 Å². The third kappa shape index (κ3) is 2.39. The fraction of sp³-hybridized carbons (Fsp3) is 0.0667. The van der Waals surface area contributed by atoms with Gasteiger partial charge in [-0.25, -0.2) is 0 Å². The van der Waals surface area contributed by atoms with Crippen molar-refractivity contribution >= 4 is 28.7 Å². The molecule has 0 aromatic heterocycles. The van der Waals surface area contributed by atoms with E-state index in [2.05, 4.69) is 10.4 Å². The van der Waals surface area contributed by atoms with Crippen molar-refractivity contribution in [2.45, 2.75) is 0 Å². The molecule has 22 heavy (non-hydrogen) atoms. The van der Waals surface area contributed by atoms with E-state index in [1.54, 1.807) is 25.2 Å². The molecule has 7 nitrogen and oxygen atoms in total. The van der Waals surface area contributed by atoms with Crippen molar-refractivity contribution in [3.05, 3.63) is 64.2 Å². The maximum atomic E-state index is 12.4. The number of hydrogen-bond donors (Lipinski definition) is 1. The van der Waals surface area contributed by atoms with E-state index in [1.165, 1.54) is 17.1 Å². The van der Waals surface area contributed by atoms with Gasteiger partial charge in [0.25, 0.3) is 11.6 Å². The summed E-state index contributed by atoms with van der Waals surface area (Å²) in [5.41, 5.74) is 1.79. The standard InChI is InChI=1S/C15H12N4O3/c1-18-13-8-7-11(19(21)22)9-12(13)16-15(20)14(17-18)10-5-3-2-4-6-10/h2-9H,1H3,(H,16,20). The molecule has 0 atom stereocenters. The predicted octanol–water partition coefficient (Wildman–Crippen LogP) is 2.39. The van der Waals surface area contributed by atoms with Crippen LogP contribution in [0.2, 0.25) is 0 Å². The lowest BCUT2D eigenvalue weighted by Gasteiger charge is -2.14. The average Bonchev–Trinajstić information content (AvgIpc) is 2.64. The minimum absolute atomic E-state index is 0.0874. The van der Waals surface area contributed by atoms with Gasteiger partial charge >= 0.3 is 0 Å². The monoisotopic (exact) mass is 296 g/mol. The molecule has 0 fully saturated rings. The zero-order valence-electron chi connectivity index (χ0n) is 11.7. The maximum Gasteiger partial charge on any atom is 0.276 e. The zero-order chi connectivity index (χ0) is 15.7. The highest BCUT2D eigenvalue weighted by Crippen LogP contribution is 2.31. The number of carbonyl (C=O) groups excluding carboxylic acids is 1. The van der Waals surface area contributed by atoms with Crippen molar-refractivity contribution in [3.8, 4) is 0 Å². The van der Waals surface area contributed by atoms with E-state index in [9.17, 15) is 14.9 Å². The van der Waals surface area contributed by atoms with E-state index >= 15 is 0 Å². The van der Waals surface area contributed by atoms with Crippen molar-refractivity contribution in [1.29, 1.82) is 0 Å². The molecule has 1 amide bonds. The summed E-state index contributed by atoms with van der Waals surface area (Å²) in [6, 6.07) is 13.3. The summed E-state index contributed by atoms with van der Waals surface area (Å²) in [4.78, 5) is 22.7. The molecule has 0 radical (unpaired) electrons. The molecule has 1 aliphatic heterocycles. The van der Waals surface area contributed by atoms with E-state index in [-0.39, 0.29) is 11.4 Å². The first-order chi connectivity index (χ1) is 10.6. The summed E-state index contributed by atoms with van der Waals surface area (Å²) in [5, 5.41) is 19.4. The molecule has 110 valence electrons. The molecule has 0 saturated carbocycles. The van der Waals surface area contributed by atoms with Crippen LogP contribution in [0.25, 0.3) is 0 Å². The van der Waals surface area contributed by atoms with Gasteiger partial charge in [-0.3, -0.25) is 19.9 Å². The van der Waals surface area contributed by atoms with Crippen molar-refractivity contribution in [2.24, 2.45) is 5.10 Å². The molecular formula is C15H12N4O3. The van der Waals surface area contributed by atoms with Gasteiger partial charge in [0, 0.05) is 24.7 Å². The Kier molecular flexibility index (Phi) is 3.30. The molecule has 0 bridgehead atoms. The summed E-state index contributed by atoms with van der Waals surface area (Å²) in [7, 11) is 1.69. The molecule has 1 heterocycles. The molecule has 2 aromatic rings. The lowest BCUT2D eigenvalue weighted by atomic mass is 10.1. The second-order valence-electron chi connectivity index (χ2n) is 4.75. The molecular weight excluding hydrogens is 284 g/mol. The maximum absolute atomic E-state index is 12.4. The van der Waals surface area contributed by atoms with Crippen LogP contribution in [0.1, 0.15) is 5.56 Å². The number of rotatable bonds is 2. The zero-order valence-corrected chi connectivity index (χ0v) is 11.7. The largest absolute Gasteiger partial charge is 0.318 e. The number of carbonyl (C=O) groups is 1. The van der Waals surface area contributed by atoms with E-state index in [0.29, 0.717) is 16.9 Å². The van der Waals surface area contributed by atoms with E-state index in [1.807, 2.05) is 18.2 Å². The van der Waals surface area contributed by atoms with Crippen molar-refractivity contribution in [2.75, 3.05) is 17.4 Å². The number of nitro benzene ring substituents is 1. The quantitative estimate of drug-likeness (QED) is 0.680. The van der Waals surface area contributed by atoms with E-state index in [4.69, 9.17) is 0 Å². The molecule has 1 aliphatic rings. The molecule has 0 aliphatic carbocycles. The Balaban J connectivity index is 2.06. The van der Waals surface area contributed by atoms with Crippen LogP contribution in [-0.4, -0.2) is 23.6 Å². The Hall–Kier alpha value is -3.22. The number of non-ortho nitro benzene ring substituents is 1. The number of nitrogens with one attached hydrogen (secondary N) is 1. The molecule has 3 rings (SSSR count). The Morgan fingerprint density at radius 3 is 2.59 bits per heavy atom. The van der Waals surface area contributed by atoms with Gasteiger partial charge in [-0.1, -0.05) is 30.3 Å². The number of benzene rings is 2. The molecule has 2 aromatic carbocycles. The molecule has 0 spiro atoms. The highest BCUT2D eigenvalue weighted by molar-refractivity contribution is 6.49. The van der Waals surface area contributed by atoms with Gasteiger partial charge in [0.15, 0.2) is 5.71 Å².